The summed E-state index contributed by atoms with van der Waals surface area (Å²) in [5.41, 5.74) is 2.95. The highest BCUT2D eigenvalue weighted by atomic mass is 16.3. The number of nitrogens with one attached hydrogen (secondary N) is 1. The zero-order valence-corrected chi connectivity index (χ0v) is 19.9. The maximum absolute atomic E-state index is 13.6. The number of carbonyl (C=O) groups excluding carboxylic acids is 2. The summed E-state index contributed by atoms with van der Waals surface area (Å²) in [5.74, 6) is 0.627. The fraction of sp³-hybridized carbons (Fsp3) is 0.444. The molecule has 174 valence electrons. The highest BCUT2D eigenvalue weighted by molar-refractivity contribution is 5.90. The predicted octanol–water partition coefficient (Wildman–Crippen LogP) is 4.83. The van der Waals surface area contributed by atoms with Crippen LogP contribution in [0.5, 0.6) is 0 Å². The predicted molar refractivity (Wildman–Crippen MR) is 129 cm³/mol. The maximum atomic E-state index is 13.6. The van der Waals surface area contributed by atoms with Crippen molar-refractivity contribution in [3.63, 3.8) is 0 Å². The lowest BCUT2D eigenvalue weighted by Gasteiger charge is -2.31. The van der Waals surface area contributed by atoms with Gasteiger partial charge < -0.3 is 14.6 Å². The number of para-hydroxylation sites is 1. The first-order valence-electron chi connectivity index (χ1n) is 11.9. The van der Waals surface area contributed by atoms with Gasteiger partial charge in [0.2, 0.25) is 11.8 Å². The molecule has 33 heavy (non-hydrogen) atoms. The number of fused-ring (bicyclic) bond motifs is 1. The fourth-order valence-electron chi connectivity index (χ4n) is 4.62. The lowest BCUT2D eigenvalue weighted by atomic mass is 9.97. The number of benzene rings is 1. The molecular formula is C27H33N3O3. The topological polar surface area (TPSA) is 75.4 Å². The lowest BCUT2D eigenvalue weighted by molar-refractivity contribution is -0.139. The number of hydrogen-bond acceptors (Lipinski definition) is 4. The zero-order valence-electron chi connectivity index (χ0n) is 19.9. The lowest BCUT2D eigenvalue weighted by Crippen LogP contribution is -2.53. The third kappa shape index (κ3) is 4.80. The first-order chi connectivity index (χ1) is 15.9. The molecule has 1 aliphatic rings. The Bertz CT molecular complexity index is 1120. The molecular weight excluding hydrogens is 414 g/mol. The van der Waals surface area contributed by atoms with E-state index in [1.165, 1.54) is 0 Å². The van der Waals surface area contributed by atoms with E-state index in [9.17, 15) is 9.59 Å². The number of carbonyl (C=O) groups is 2. The molecule has 0 spiro atoms. The summed E-state index contributed by atoms with van der Waals surface area (Å²) in [4.78, 5) is 32.1. The van der Waals surface area contributed by atoms with E-state index in [4.69, 9.17) is 4.42 Å². The molecule has 1 saturated heterocycles. The molecule has 2 aromatic heterocycles. The summed E-state index contributed by atoms with van der Waals surface area (Å²) in [5, 5.41) is 4.06. The molecule has 3 aromatic rings. The van der Waals surface area contributed by atoms with Gasteiger partial charge in [-0.25, -0.2) is 0 Å². The van der Waals surface area contributed by atoms with Crippen LogP contribution < -0.4 is 5.32 Å². The first-order valence-corrected chi connectivity index (χ1v) is 11.9. The second-order valence-electron chi connectivity index (χ2n) is 9.56. The number of rotatable bonds is 7. The van der Waals surface area contributed by atoms with Gasteiger partial charge in [-0.15, -0.1) is 0 Å². The van der Waals surface area contributed by atoms with Crippen LogP contribution in [-0.2, 0) is 16.0 Å². The zero-order chi connectivity index (χ0) is 23.5. The summed E-state index contributed by atoms with van der Waals surface area (Å²) in [7, 11) is 0. The molecule has 1 aliphatic heterocycles. The average Bonchev–Trinajstić information content (AvgIpc) is 3.42. The molecule has 0 radical (unpaired) electrons. The van der Waals surface area contributed by atoms with Gasteiger partial charge in [-0.2, -0.15) is 0 Å². The highest BCUT2D eigenvalue weighted by Crippen LogP contribution is 2.36. The number of aromatic nitrogens is 1. The molecule has 0 bridgehead atoms. The normalized spacial score (nSPS) is 17.2. The van der Waals surface area contributed by atoms with Crippen molar-refractivity contribution in [2.24, 2.45) is 11.8 Å². The van der Waals surface area contributed by atoms with Crippen LogP contribution in [0.3, 0.4) is 0 Å². The Kier molecular flexibility index (Phi) is 6.82. The Balaban J connectivity index is 1.64. The Morgan fingerprint density at radius 2 is 1.85 bits per heavy atom. The third-order valence-corrected chi connectivity index (χ3v) is 6.50. The maximum Gasteiger partial charge on any atom is 0.245 e. The summed E-state index contributed by atoms with van der Waals surface area (Å²) in [6, 6.07) is 11.5. The number of likely N-dealkylation sites (tertiary alicyclic amines) is 1. The van der Waals surface area contributed by atoms with Crippen molar-refractivity contribution < 1.29 is 14.0 Å². The molecule has 6 nitrogen and oxygen atoms in total. The van der Waals surface area contributed by atoms with Crippen LogP contribution in [0.4, 0.5) is 0 Å². The third-order valence-electron chi connectivity index (χ3n) is 6.50. The molecule has 1 fully saturated rings. The van der Waals surface area contributed by atoms with Gasteiger partial charge in [0.15, 0.2) is 0 Å². The number of pyridine rings is 1. The number of hydrogen-bond donors (Lipinski definition) is 1. The van der Waals surface area contributed by atoms with Crippen LogP contribution in [0.1, 0.15) is 46.1 Å². The summed E-state index contributed by atoms with van der Waals surface area (Å²) < 4.78 is 6.27. The fourth-order valence-corrected chi connectivity index (χ4v) is 4.62. The number of nitrogens with zero attached hydrogens (tertiary/aromatic N) is 2. The number of amides is 2. The van der Waals surface area contributed by atoms with Crippen molar-refractivity contribution in [2.45, 2.75) is 59.0 Å². The molecule has 0 saturated carbocycles. The van der Waals surface area contributed by atoms with E-state index < -0.39 is 6.04 Å². The van der Waals surface area contributed by atoms with Gasteiger partial charge in [-0.1, -0.05) is 45.9 Å². The second kappa shape index (κ2) is 9.77. The molecule has 2 amide bonds. The van der Waals surface area contributed by atoms with E-state index in [0.29, 0.717) is 13.0 Å². The van der Waals surface area contributed by atoms with Gasteiger partial charge >= 0.3 is 0 Å². The highest BCUT2D eigenvalue weighted by Gasteiger charge is 2.36. The van der Waals surface area contributed by atoms with Crippen molar-refractivity contribution in [1.82, 2.24) is 15.2 Å². The Morgan fingerprint density at radius 1 is 1.12 bits per heavy atom. The van der Waals surface area contributed by atoms with Crippen molar-refractivity contribution in [1.29, 1.82) is 0 Å². The van der Waals surface area contributed by atoms with Crippen molar-refractivity contribution >= 4 is 22.8 Å². The van der Waals surface area contributed by atoms with E-state index in [2.05, 4.69) is 16.4 Å². The first kappa shape index (κ1) is 23.0. The Labute approximate surface area is 195 Å². The van der Waals surface area contributed by atoms with E-state index in [1.807, 2.05) is 62.9 Å². The number of furan rings is 1. The van der Waals surface area contributed by atoms with Gasteiger partial charge in [0.05, 0.1) is 0 Å². The molecule has 1 N–H and O–H groups in total. The molecule has 0 unspecified atom stereocenters. The molecule has 6 heteroatoms. The standard InChI is InChI=1S/C27H33N3O3/c1-17(2)24(29-26(31)18(3)4)27(32)30-15-7-8-20(30)16-22-21-9-5-6-10-23(21)33-25(22)19-11-13-28-14-12-19/h5-6,9-14,17-18,20,24H,7-8,15-16H2,1-4H3,(H,29,31)/t20-,24-/m0/s1. The Morgan fingerprint density at radius 3 is 2.55 bits per heavy atom. The van der Waals surface area contributed by atoms with Crippen LogP contribution in [0.2, 0.25) is 0 Å². The molecule has 0 aliphatic carbocycles. The van der Waals surface area contributed by atoms with Crippen molar-refractivity contribution in [2.75, 3.05) is 6.54 Å². The van der Waals surface area contributed by atoms with Crippen molar-refractivity contribution in [3.8, 4) is 11.3 Å². The van der Waals surface area contributed by atoms with Gasteiger partial charge in [0, 0.05) is 47.4 Å². The minimum Gasteiger partial charge on any atom is -0.456 e. The Hall–Kier alpha value is -3.15. The van der Waals surface area contributed by atoms with Crippen LogP contribution >= 0.6 is 0 Å². The largest absolute Gasteiger partial charge is 0.456 e. The summed E-state index contributed by atoms with van der Waals surface area (Å²) in [6.45, 7) is 8.38. The smallest absolute Gasteiger partial charge is 0.245 e. The second-order valence-corrected chi connectivity index (χ2v) is 9.56. The van der Waals surface area contributed by atoms with Crippen molar-refractivity contribution in [3.05, 3.63) is 54.4 Å². The van der Waals surface area contributed by atoms with Crippen LogP contribution in [0.25, 0.3) is 22.3 Å². The van der Waals surface area contributed by atoms with Gasteiger partial charge in [0.25, 0.3) is 0 Å². The molecule has 3 heterocycles. The van der Waals surface area contributed by atoms with E-state index in [-0.39, 0.29) is 29.7 Å². The minimum atomic E-state index is -0.513. The monoisotopic (exact) mass is 447 g/mol. The van der Waals surface area contributed by atoms with Gasteiger partial charge in [-0.05, 0) is 43.4 Å². The van der Waals surface area contributed by atoms with Gasteiger partial charge in [-0.3, -0.25) is 14.6 Å². The van der Waals surface area contributed by atoms with Crippen LogP contribution in [0.15, 0.2) is 53.2 Å². The molecule has 4 rings (SSSR count). The van der Waals surface area contributed by atoms with Gasteiger partial charge in [0.1, 0.15) is 17.4 Å². The quantitative estimate of drug-likeness (QED) is 0.563. The average molecular weight is 448 g/mol. The van der Waals surface area contributed by atoms with Crippen LogP contribution in [0, 0.1) is 11.8 Å². The van der Waals surface area contributed by atoms with E-state index in [1.54, 1.807) is 12.4 Å². The SMILES string of the molecule is CC(C)C(=O)N[C@H](C(=O)N1CCC[C@H]1Cc1c(-c2ccncc2)oc2ccccc12)C(C)C. The summed E-state index contributed by atoms with van der Waals surface area (Å²) in [6.07, 6.45) is 6.14. The van der Waals surface area contributed by atoms with E-state index in [0.717, 1.165) is 40.7 Å². The molecule has 2 atom stereocenters. The van der Waals surface area contributed by atoms with Crippen LogP contribution in [-0.4, -0.2) is 40.3 Å². The minimum absolute atomic E-state index is 0.0137. The summed E-state index contributed by atoms with van der Waals surface area (Å²) >= 11 is 0. The molecule has 1 aromatic carbocycles. The van der Waals surface area contributed by atoms with E-state index >= 15 is 0 Å².